The number of benzene rings is 1. The van der Waals surface area contributed by atoms with Crippen LogP contribution in [0.4, 0.5) is 0 Å². The quantitative estimate of drug-likeness (QED) is 0.757. The molecule has 3 nitrogen and oxygen atoms in total. The zero-order chi connectivity index (χ0) is 11.3. The molecule has 0 aliphatic rings. The molecule has 0 fully saturated rings. The molecule has 0 saturated carbocycles. The Balaban J connectivity index is 2.60. The first-order chi connectivity index (χ1) is 7.13. The molecule has 1 aromatic carbocycles. The van der Waals surface area contributed by atoms with Crippen molar-refractivity contribution in [2.45, 2.75) is 26.3 Å². The number of aryl methyl sites for hydroxylation is 1. The predicted octanol–water partition coefficient (Wildman–Crippen LogP) is 1.23. The molecule has 0 amide bonds. The highest BCUT2D eigenvalue weighted by Crippen LogP contribution is 2.14. The zero-order valence-electron chi connectivity index (χ0n) is 9.32. The van der Waals surface area contributed by atoms with Crippen LogP contribution in [0.3, 0.4) is 0 Å². The molecule has 0 spiro atoms. The smallest absolute Gasteiger partial charge is 0.312 e. The van der Waals surface area contributed by atoms with E-state index in [0.717, 1.165) is 5.56 Å². The maximum atomic E-state index is 11.2. The largest absolute Gasteiger partial charge is 0.466 e. The summed E-state index contributed by atoms with van der Waals surface area (Å²) >= 11 is 0. The van der Waals surface area contributed by atoms with E-state index in [-0.39, 0.29) is 12.0 Å². The van der Waals surface area contributed by atoms with Crippen LogP contribution < -0.4 is 5.73 Å². The van der Waals surface area contributed by atoms with Gasteiger partial charge in [0.25, 0.3) is 0 Å². The van der Waals surface area contributed by atoms with Crippen LogP contribution in [-0.4, -0.2) is 12.6 Å². The molecule has 0 aromatic heterocycles. The van der Waals surface area contributed by atoms with Gasteiger partial charge >= 0.3 is 5.97 Å². The maximum Gasteiger partial charge on any atom is 0.312 e. The lowest BCUT2D eigenvalue weighted by atomic mass is 10.0. The molecular formula is C12H18NO2+. The predicted molar refractivity (Wildman–Crippen MR) is 58.1 cm³/mol. The minimum absolute atomic E-state index is 0.0241. The molecule has 0 aliphatic heterocycles. The third kappa shape index (κ3) is 3.72. The average Bonchev–Trinajstić information content (AvgIpc) is 2.18. The average molecular weight is 208 g/mol. The lowest BCUT2D eigenvalue weighted by Gasteiger charge is -2.08. The molecule has 0 aliphatic carbocycles. The molecule has 0 heterocycles. The molecule has 82 valence electrons. The summed E-state index contributed by atoms with van der Waals surface area (Å²) in [5.41, 5.74) is 6.24. The fourth-order valence-corrected chi connectivity index (χ4v) is 1.46. The Morgan fingerprint density at radius 3 is 2.87 bits per heavy atom. The Kier molecular flexibility index (Phi) is 4.31. The number of quaternary nitrogens is 1. The normalized spacial score (nSPS) is 12.2. The van der Waals surface area contributed by atoms with E-state index >= 15 is 0 Å². The fraction of sp³-hybridized carbons (Fsp3) is 0.417. The van der Waals surface area contributed by atoms with E-state index in [1.165, 1.54) is 5.56 Å². The van der Waals surface area contributed by atoms with E-state index in [1.54, 1.807) is 0 Å². The number of ether oxygens (including phenoxy) is 1. The first kappa shape index (κ1) is 11.7. The van der Waals surface area contributed by atoms with Gasteiger partial charge in [0.1, 0.15) is 12.5 Å². The molecule has 0 radical (unpaired) electrons. The van der Waals surface area contributed by atoms with E-state index < -0.39 is 0 Å². The van der Waals surface area contributed by atoms with Gasteiger partial charge in [0.15, 0.2) is 0 Å². The topological polar surface area (TPSA) is 53.9 Å². The van der Waals surface area contributed by atoms with Crippen molar-refractivity contribution in [3.05, 3.63) is 35.4 Å². The molecule has 15 heavy (non-hydrogen) atoms. The van der Waals surface area contributed by atoms with Crippen LogP contribution in [0.1, 0.15) is 30.5 Å². The molecule has 1 atom stereocenters. The van der Waals surface area contributed by atoms with Gasteiger partial charge < -0.3 is 10.5 Å². The summed E-state index contributed by atoms with van der Waals surface area (Å²) in [6.45, 7) is 4.27. The van der Waals surface area contributed by atoms with Crippen molar-refractivity contribution in [3.8, 4) is 0 Å². The first-order valence-electron chi connectivity index (χ1n) is 5.18. The van der Waals surface area contributed by atoms with E-state index in [9.17, 15) is 4.79 Å². The molecule has 3 N–H and O–H groups in total. The standard InChI is InChI=1S/C12H17NO2/c1-3-15-12(14)8-11(13)10-6-4-5-9(2)7-10/h4-7,11H,3,8,13H2,1-2H3/p+1/t11-/m0/s1. The summed E-state index contributed by atoms with van der Waals surface area (Å²) in [5, 5.41) is 0. The minimum atomic E-state index is -0.181. The summed E-state index contributed by atoms with van der Waals surface area (Å²) < 4.78 is 4.89. The highest BCUT2D eigenvalue weighted by atomic mass is 16.5. The van der Waals surface area contributed by atoms with Gasteiger partial charge in [-0.25, -0.2) is 0 Å². The van der Waals surface area contributed by atoms with E-state index in [1.807, 2.05) is 32.0 Å². The summed E-state index contributed by atoms with van der Waals surface area (Å²) in [6.07, 6.45) is 0.345. The Hall–Kier alpha value is -1.35. The van der Waals surface area contributed by atoms with E-state index in [2.05, 4.69) is 11.8 Å². The number of carbonyl (C=O) groups excluding carboxylic acids is 1. The molecule has 0 unspecified atom stereocenters. The van der Waals surface area contributed by atoms with Gasteiger partial charge in [0, 0.05) is 5.56 Å². The van der Waals surface area contributed by atoms with Crippen molar-refractivity contribution in [1.29, 1.82) is 0 Å². The van der Waals surface area contributed by atoms with E-state index in [4.69, 9.17) is 4.74 Å². The monoisotopic (exact) mass is 208 g/mol. The van der Waals surface area contributed by atoms with Crippen LogP contribution in [0, 0.1) is 6.92 Å². The minimum Gasteiger partial charge on any atom is -0.466 e. The van der Waals surface area contributed by atoms with Gasteiger partial charge in [0.2, 0.25) is 0 Å². The maximum absolute atomic E-state index is 11.2. The number of hydrogen-bond acceptors (Lipinski definition) is 2. The second-order valence-electron chi connectivity index (χ2n) is 3.62. The summed E-state index contributed by atoms with van der Waals surface area (Å²) in [5.74, 6) is -0.181. The van der Waals surface area contributed by atoms with Crippen molar-refractivity contribution < 1.29 is 15.3 Å². The number of hydrogen-bond donors (Lipinski definition) is 1. The van der Waals surface area contributed by atoms with Crippen LogP contribution in [0.5, 0.6) is 0 Å². The third-order valence-electron chi connectivity index (χ3n) is 2.23. The van der Waals surface area contributed by atoms with Crippen LogP contribution in [0.2, 0.25) is 0 Å². The van der Waals surface area contributed by atoms with E-state index in [0.29, 0.717) is 13.0 Å². The van der Waals surface area contributed by atoms with Gasteiger partial charge in [-0.15, -0.1) is 0 Å². The zero-order valence-corrected chi connectivity index (χ0v) is 9.32. The van der Waals surface area contributed by atoms with Crippen molar-refractivity contribution in [1.82, 2.24) is 0 Å². The van der Waals surface area contributed by atoms with Crippen molar-refractivity contribution in [3.63, 3.8) is 0 Å². The summed E-state index contributed by atoms with van der Waals surface area (Å²) in [7, 11) is 0. The van der Waals surface area contributed by atoms with Gasteiger partial charge in [-0.3, -0.25) is 4.79 Å². The molecule has 3 heteroatoms. The Morgan fingerprint density at radius 1 is 1.53 bits per heavy atom. The molecule has 1 aromatic rings. The van der Waals surface area contributed by atoms with Crippen LogP contribution in [0.15, 0.2) is 24.3 Å². The van der Waals surface area contributed by atoms with Crippen molar-refractivity contribution >= 4 is 5.97 Å². The highest BCUT2D eigenvalue weighted by Gasteiger charge is 2.15. The van der Waals surface area contributed by atoms with Crippen LogP contribution >= 0.6 is 0 Å². The third-order valence-corrected chi connectivity index (χ3v) is 2.23. The molecule has 1 rings (SSSR count). The fourth-order valence-electron chi connectivity index (χ4n) is 1.46. The van der Waals surface area contributed by atoms with Gasteiger partial charge in [-0.1, -0.05) is 29.8 Å². The number of rotatable bonds is 4. The molecular weight excluding hydrogens is 190 g/mol. The second-order valence-corrected chi connectivity index (χ2v) is 3.62. The lowest BCUT2D eigenvalue weighted by molar-refractivity contribution is -0.425. The van der Waals surface area contributed by atoms with Crippen molar-refractivity contribution in [2.75, 3.05) is 6.61 Å². The number of carbonyl (C=O) groups is 1. The highest BCUT2D eigenvalue weighted by molar-refractivity contribution is 5.70. The first-order valence-corrected chi connectivity index (χ1v) is 5.18. The Bertz CT molecular complexity index is 336. The van der Waals surface area contributed by atoms with Gasteiger partial charge in [-0.2, -0.15) is 0 Å². The summed E-state index contributed by atoms with van der Waals surface area (Å²) in [6, 6.07) is 8.03. The Labute approximate surface area is 90.2 Å². The molecule has 0 saturated heterocycles. The molecule has 0 bridgehead atoms. The van der Waals surface area contributed by atoms with Gasteiger partial charge in [-0.05, 0) is 13.8 Å². The van der Waals surface area contributed by atoms with Crippen molar-refractivity contribution in [2.24, 2.45) is 0 Å². The lowest BCUT2D eigenvalue weighted by Crippen LogP contribution is -2.54. The second kappa shape index (κ2) is 5.51. The van der Waals surface area contributed by atoms with Crippen LogP contribution in [-0.2, 0) is 9.53 Å². The van der Waals surface area contributed by atoms with Crippen LogP contribution in [0.25, 0.3) is 0 Å². The Morgan fingerprint density at radius 2 is 2.27 bits per heavy atom. The van der Waals surface area contributed by atoms with Gasteiger partial charge in [0.05, 0.1) is 6.61 Å². The SMILES string of the molecule is CCOC(=O)C[C@H]([NH3+])c1cccc(C)c1. The summed E-state index contributed by atoms with van der Waals surface area (Å²) in [4.78, 5) is 11.2. The number of esters is 1.